The molecule has 0 amide bonds. The third kappa shape index (κ3) is 2.48. The van der Waals surface area contributed by atoms with E-state index >= 15 is 0 Å². The van der Waals surface area contributed by atoms with Crippen LogP contribution < -0.4 is 0 Å². The highest BCUT2D eigenvalue weighted by Crippen LogP contribution is 2.23. The molecule has 9 heteroatoms. The summed E-state index contributed by atoms with van der Waals surface area (Å²) in [6.45, 7) is -0.597. The van der Waals surface area contributed by atoms with E-state index in [4.69, 9.17) is 25.6 Å². The van der Waals surface area contributed by atoms with Gasteiger partial charge in [-0.3, -0.25) is 0 Å². The summed E-state index contributed by atoms with van der Waals surface area (Å²) in [4.78, 5) is 6.73. The first kappa shape index (κ1) is 12.0. The van der Waals surface area contributed by atoms with Crippen LogP contribution in [0.3, 0.4) is 0 Å². The van der Waals surface area contributed by atoms with Crippen molar-refractivity contribution in [3.8, 4) is 0 Å². The molecule has 1 rings (SSSR count). The van der Waals surface area contributed by atoms with Crippen LogP contribution in [0.15, 0.2) is 5.28 Å². The minimum absolute atomic E-state index is 0.597. The zero-order chi connectivity index (χ0) is 11.4. The zero-order valence-electron chi connectivity index (χ0n) is 7.54. The van der Waals surface area contributed by atoms with Crippen molar-refractivity contribution >= 4 is 0 Å². The van der Waals surface area contributed by atoms with E-state index in [0.29, 0.717) is 0 Å². The normalized spacial score (nSPS) is 37.1. The largest absolute Gasteiger partial charge is 0.425 e. The molecule has 0 aromatic carbocycles. The van der Waals surface area contributed by atoms with Crippen LogP contribution in [-0.4, -0.2) is 57.7 Å². The smallest absolute Gasteiger partial charge is 0.184 e. The predicted octanol–water partition coefficient (Wildman–Crippen LogP) is -1.97. The van der Waals surface area contributed by atoms with Gasteiger partial charge in [0.15, 0.2) is 12.4 Å². The van der Waals surface area contributed by atoms with Gasteiger partial charge >= 0.3 is 0 Å². The van der Waals surface area contributed by atoms with E-state index in [0.717, 1.165) is 0 Å². The lowest BCUT2D eigenvalue weighted by atomic mass is 10.1. The molecular formula is C6H11N3O6. The average Bonchev–Trinajstić information content (AvgIpc) is 2.48. The lowest BCUT2D eigenvalue weighted by Gasteiger charge is -2.21. The summed E-state index contributed by atoms with van der Waals surface area (Å²) >= 11 is 0. The number of hydrogen-bond donors (Lipinski definition) is 4. The van der Waals surface area contributed by atoms with E-state index in [1.54, 1.807) is 0 Å². The summed E-state index contributed by atoms with van der Waals surface area (Å²) in [5.74, 6) is 0. The Labute approximate surface area is 84.0 Å². The second-order valence-corrected chi connectivity index (χ2v) is 2.97. The summed E-state index contributed by atoms with van der Waals surface area (Å²) in [6, 6.07) is 0. The van der Waals surface area contributed by atoms with Crippen LogP contribution in [0.4, 0.5) is 0 Å². The lowest BCUT2D eigenvalue weighted by Crippen LogP contribution is -2.41. The molecule has 1 aliphatic heterocycles. The van der Waals surface area contributed by atoms with Gasteiger partial charge in [-0.05, 0) is 5.53 Å². The Kier molecular flexibility index (Phi) is 4.09. The van der Waals surface area contributed by atoms with Crippen molar-refractivity contribution < 1.29 is 30.0 Å². The maximum atomic E-state index is 9.37. The van der Waals surface area contributed by atoms with Crippen molar-refractivity contribution in [1.29, 1.82) is 0 Å². The molecule has 1 saturated heterocycles. The van der Waals surface area contributed by atoms with Crippen LogP contribution in [0.5, 0.6) is 0 Å². The standard InChI is InChI=1S/C6H11N3O6/c7-8-9-15-2(1-10)5-3(11)4(12)6(13)14-5/h2-6,10-13H,1H2/t2-,3+,4+,5-,6+/m1/s1. The lowest BCUT2D eigenvalue weighted by molar-refractivity contribution is -0.161. The first-order valence-corrected chi connectivity index (χ1v) is 4.12. The molecule has 0 aliphatic carbocycles. The number of azide groups is 1. The molecule has 1 fully saturated rings. The fourth-order valence-corrected chi connectivity index (χ4v) is 1.27. The Bertz CT molecular complexity index is 257. The monoisotopic (exact) mass is 221 g/mol. The van der Waals surface area contributed by atoms with Gasteiger partial charge < -0.3 is 30.0 Å². The molecule has 0 aromatic rings. The van der Waals surface area contributed by atoms with E-state index in [9.17, 15) is 5.11 Å². The number of nitrogens with zero attached hydrogens (tertiary/aromatic N) is 3. The number of aliphatic hydroxyl groups excluding tert-OH is 4. The Balaban J connectivity index is 2.64. The van der Waals surface area contributed by atoms with Gasteiger partial charge in [0.25, 0.3) is 0 Å². The van der Waals surface area contributed by atoms with Crippen LogP contribution in [0.2, 0.25) is 0 Å². The molecule has 0 radical (unpaired) electrons. The number of rotatable bonds is 4. The van der Waals surface area contributed by atoms with Crippen LogP contribution in [-0.2, 0) is 9.57 Å². The summed E-state index contributed by atoms with van der Waals surface area (Å²) in [5.41, 5.74) is 7.97. The number of aliphatic hydroxyl groups is 4. The highest BCUT2D eigenvalue weighted by molar-refractivity contribution is 4.90. The molecule has 9 nitrogen and oxygen atoms in total. The van der Waals surface area contributed by atoms with Crippen molar-refractivity contribution in [3.63, 3.8) is 0 Å². The highest BCUT2D eigenvalue weighted by Gasteiger charge is 2.46. The van der Waals surface area contributed by atoms with E-state index in [1.807, 2.05) is 0 Å². The second-order valence-electron chi connectivity index (χ2n) is 2.97. The minimum Gasteiger partial charge on any atom is -0.425 e. The molecule has 0 bridgehead atoms. The van der Waals surface area contributed by atoms with Crippen LogP contribution in [0.1, 0.15) is 0 Å². The van der Waals surface area contributed by atoms with E-state index in [1.165, 1.54) is 0 Å². The van der Waals surface area contributed by atoms with Gasteiger partial charge in [0.2, 0.25) is 0 Å². The number of hydrogen-bond acceptors (Lipinski definition) is 7. The number of ether oxygens (including phenoxy) is 1. The molecular weight excluding hydrogens is 210 g/mol. The molecule has 86 valence electrons. The van der Waals surface area contributed by atoms with Crippen molar-refractivity contribution in [1.82, 2.24) is 0 Å². The van der Waals surface area contributed by atoms with E-state index < -0.39 is 37.3 Å². The van der Waals surface area contributed by atoms with Crippen molar-refractivity contribution in [2.75, 3.05) is 6.61 Å². The fraction of sp³-hybridized carbons (Fsp3) is 1.00. The summed E-state index contributed by atoms with van der Waals surface area (Å²) in [5, 5.41) is 39.1. The molecule has 0 aromatic heterocycles. The van der Waals surface area contributed by atoms with Crippen molar-refractivity contribution in [2.24, 2.45) is 5.28 Å². The molecule has 5 atom stereocenters. The Morgan fingerprint density at radius 3 is 2.47 bits per heavy atom. The maximum Gasteiger partial charge on any atom is 0.184 e. The van der Waals surface area contributed by atoms with Gasteiger partial charge in [-0.2, -0.15) is 0 Å². The predicted molar refractivity (Wildman–Crippen MR) is 44.0 cm³/mol. The molecule has 1 aliphatic rings. The van der Waals surface area contributed by atoms with Crippen molar-refractivity contribution in [2.45, 2.75) is 30.7 Å². The first-order valence-electron chi connectivity index (χ1n) is 4.12. The van der Waals surface area contributed by atoms with Crippen molar-refractivity contribution in [3.05, 3.63) is 10.4 Å². The van der Waals surface area contributed by atoms with Gasteiger partial charge in [-0.15, -0.1) is 0 Å². The average molecular weight is 221 g/mol. The zero-order valence-corrected chi connectivity index (χ0v) is 7.54. The summed E-state index contributed by atoms with van der Waals surface area (Å²) in [7, 11) is 0. The fourth-order valence-electron chi connectivity index (χ4n) is 1.27. The molecule has 1 heterocycles. The molecule has 0 spiro atoms. The Morgan fingerprint density at radius 2 is 2.07 bits per heavy atom. The Morgan fingerprint density at radius 1 is 1.40 bits per heavy atom. The van der Waals surface area contributed by atoms with Gasteiger partial charge in [0, 0.05) is 4.91 Å². The minimum atomic E-state index is -1.56. The molecule has 4 N–H and O–H groups in total. The van der Waals surface area contributed by atoms with E-state index in [2.05, 4.69) is 15.0 Å². The topological polar surface area (TPSA) is 148 Å². The molecule has 0 saturated carbocycles. The third-order valence-corrected chi connectivity index (χ3v) is 2.04. The molecule has 15 heavy (non-hydrogen) atoms. The van der Waals surface area contributed by atoms with Crippen LogP contribution in [0, 0.1) is 0 Å². The van der Waals surface area contributed by atoms with Gasteiger partial charge in [-0.25, -0.2) is 0 Å². The van der Waals surface area contributed by atoms with E-state index in [-0.39, 0.29) is 0 Å². The summed E-state index contributed by atoms with van der Waals surface area (Å²) < 4.78 is 4.72. The first-order chi connectivity index (χ1) is 7.11. The third-order valence-electron chi connectivity index (χ3n) is 2.04. The second kappa shape index (κ2) is 5.12. The SMILES string of the molecule is [N-]=[N+]=NO[C@H](CO)[C@H]1O[C@H](O)[C@@H](O)[C@@H]1O. The van der Waals surface area contributed by atoms with Crippen LogP contribution in [0.25, 0.3) is 10.4 Å². The molecule has 0 unspecified atom stereocenters. The maximum absolute atomic E-state index is 9.37. The Hall–Kier alpha value is -1.09. The van der Waals surface area contributed by atoms with Crippen LogP contribution >= 0.6 is 0 Å². The van der Waals surface area contributed by atoms with Gasteiger partial charge in [0.05, 0.1) is 6.61 Å². The quantitative estimate of drug-likeness (QED) is 0.187. The van der Waals surface area contributed by atoms with Gasteiger partial charge in [0.1, 0.15) is 23.6 Å². The highest BCUT2D eigenvalue weighted by atomic mass is 16.7. The van der Waals surface area contributed by atoms with Gasteiger partial charge in [-0.1, -0.05) is 0 Å². The summed E-state index contributed by atoms with van der Waals surface area (Å²) in [6.07, 6.45) is -6.79.